The molecular weight excluding hydrogens is 280 g/mol. The van der Waals surface area contributed by atoms with Crippen molar-refractivity contribution in [1.82, 2.24) is 9.78 Å². The number of anilines is 2. The number of morpholine rings is 1. The highest BCUT2D eigenvalue weighted by molar-refractivity contribution is 6.05. The number of carbonyl (C=O) groups is 1. The van der Waals surface area contributed by atoms with Gasteiger partial charge in [-0.1, -0.05) is 12.1 Å². The molecule has 1 aromatic heterocycles. The summed E-state index contributed by atoms with van der Waals surface area (Å²) < 4.78 is 7.04. The zero-order chi connectivity index (χ0) is 15.5. The van der Waals surface area contributed by atoms with E-state index in [-0.39, 0.29) is 5.91 Å². The summed E-state index contributed by atoms with van der Waals surface area (Å²) >= 11 is 0. The van der Waals surface area contributed by atoms with Gasteiger partial charge in [-0.2, -0.15) is 5.10 Å². The average Bonchev–Trinajstić information content (AvgIpc) is 2.87. The molecule has 1 amide bonds. The van der Waals surface area contributed by atoms with E-state index in [0.29, 0.717) is 18.9 Å². The monoisotopic (exact) mass is 300 g/mol. The molecule has 2 aromatic rings. The predicted molar refractivity (Wildman–Crippen MR) is 85.4 cm³/mol. The lowest BCUT2D eigenvalue weighted by Gasteiger charge is -2.30. The number of para-hydroxylation sites is 2. The molecule has 116 valence electrons. The molecule has 0 aliphatic carbocycles. The van der Waals surface area contributed by atoms with Crippen molar-refractivity contribution < 1.29 is 9.53 Å². The van der Waals surface area contributed by atoms with Gasteiger partial charge in [-0.3, -0.25) is 9.48 Å². The summed E-state index contributed by atoms with van der Waals surface area (Å²) in [5, 5.41) is 7.20. The minimum absolute atomic E-state index is 0.182. The SMILES string of the molecule is Cc1cn(C)nc1C(=O)Nc1ccccc1N1CCOCC1. The van der Waals surface area contributed by atoms with Gasteiger partial charge >= 0.3 is 0 Å². The molecule has 0 spiro atoms. The molecule has 0 unspecified atom stereocenters. The molecule has 6 nitrogen and oxygen atoms in total. The van der Waals surface area contributed by atoms with Crippen molar-refractivity contribution >= 4 is 17.3 Å². The zero-order valence-corrected chi connectivity index (χ0v) is 12.9. The lowest BCUT2D eigenvalue weighted by Crippen LogP contribution is -2.36. The molecule has 1 N–H and O–H groups in total. The maximum Gasteiger partial charge on any atom is 0.276 e. The van der Waals surface area contributed by atoms with Crippen LogP contribution in [0.4, 0.5) is 11.4 Å². The van der Waals surface area contributed by atoms with Crippen LogP contribution in [0.2, 0.25) is 0 Å². The molecule has 1 fully saturated rings. The highest BCUT2D eigenvalue weighted by Gasteiger charge is 2.18. The Labute approximate surface area is 129 Å². The van der Waals surface area contributed by atoms with Gasteiger partial charge in [-0.05, 0) is 19.1 Å². The fraction of sp³-hybridized carbons (Fsp3) is 0.375. The number of carbonyl (C=O) groups excluding carboxylic acids is 1. The molecule has 2 heterocycles. The maximum absolute atomic E-state index is 12.5. The number of hydrogen-bond donors (Lipinski definition) is 1. The van der Waals surface area contributed by atoms with Crippen LogP contribution in [0.15, 0.2) is 30.5 Å². The number of nitrogens with one attached hydrogen (secondary N) is 1. The van der Waals surface area contributed by atoms with Crippen LogP contribution in [-0.4, -0.2) is 42.0 Å². The number of benzene rings is 1. The molecule has 22 heavy (non-hydrogen) atoms. The van der Waals surface area contributed by atoms with E-state index < -0.39 is 0 Å². The van der Waals surface area contributed by atoms with Crippen LogP contribution < -0.4 is 10.2 Å². The van der Waals surface area contributed by atoms with E-state index >= 15 is 0 Å². The first-order valence-corrected chi connectivity index (χ1v) is 7.38. The van der Waals surface area contributed by atoms with Gasteiger partial charge in [0.05, 0.1) is 24.6 Å². The Morgan fingerprint density at radius 2 is 2.00 bits per heavy atom. The zero-order valence-electron chi connectivity index (χ0n) is 12.9. The lowest BCUT2D eigenvalue weighted by atomic mass is 10.2. The Bertz CT molecular complexity index is 675. The molecule has 3 rings (SSSR count). The van der Waals surface area contributed by atoms with Crippen LogP contribution in [0.5, 0.6) is 0 Å². The molecule has 1 saturated heterocycles. The first-order chi connectivity index (χ1) is 10.6. The van der Waals surface area contributed by atoms with E-state index in [0.717, 1.165) is 30.0 Å². The highest BCUT2D eigenvalue weighted by Crippen LogP contribution is 2.26. The van der Waals surface area contributed by atoms with Crippen molar-refractivity contribution in [2.24, 2.45) is 7.05 Å². The second-order valence-electron chi connectivity index (χ2n) is 5.41. The second-order valence-corrected chi connectivity index (χ2v) is 5.41. The first-order valence-electron chi connectivity index (χ1n) is 7.38. The Morgan fingerprint density at radius 1 is 1.27 bits per heavy atom. The normalized spacial score (nSPS) is 14.9. The van der Waals surface area contributed by atoms with E-state index in [1.54, 1.807) is 4.68 Å². The molecule has 0 radical (unpaired) electrons. The molecular formula is C16H20N4O2. The summed E-state index contributed by atoms with van der Waals surface area (Å²) in [5.41, 5.74) is 3.15. The van der Waals surface area contributed by atoms with Crippen LogP contribution in [-0.2, 0) is 11.8 Å². The molecule has 0 saturated carbocycles. The van der Waals surface area contributed by atoms with E-state index in [4.69, 9.17) is 4.74 Å². The Hall–Kier alpha value is -2.34. The predicted octanol–water partition coefficient (Wildman–Crippen LogP) is 1.82. The van der Waals surface area contributed by atoms with Crippen molar-refractivity contribution in [1.29, 1.82) is 0 Å². The summed E-state index contributed by atoms with van der Waals surface area (Å²) in [4.78, 5) is 14.7. The third-order valence-corrected chi connectivity index (χ3v) is 3.73. The Kier molecular flexibility index (Phi) is 4.11. The number of aryl methyl sites for hydroxylation is 2. The molecule has 0 atom stereocenters. The lowest BCUT2D eigenvalue weighted by molar-refractivity contribution is 0.102. The quantitative estimate of drug-likeness (QED) is 0.939. The summed E-state index contributed by atoms with van der Waals surface area (Å²) in [7, 11) is 1.81. The standard InChI is InChI=1S/C16H20N4O2/c1-12-11-19(2)18-15(12)16(21)17-13-5-3-4-6-14(13)20-7-9-22-10-8-20/h3-6,11H,7-10H2,1-2H3,(H,17,21). The van der Waals surface area contributed by atoms with Crippen LogP contribution >= 0.6 is 0 Å². The first kappa shape index (κ1) is 14.6. The smallest absolute Gasteiger partial charge is 0.276 e. The van der Waals surface area contributed by atoms with E-state index in [9.17, 15) is 4.79 Å². The summed E-state index contributed by atoms with van der Waals surface area (Å²) in [6.07, 6.45) is 1.84. The fourth-order valence-electron chi connectivity index (χ4n) is 2.67. The van der Waals surface area contributed by atoms with Gasteiger partial charge in [0.25, 0.3) is 5.91 Å². The van der Waals surface area contributed by atoms with Gasteiger partial charge in [0, 0.05) is 31.9 Å². The summed E-state index contributed by atoms with van der Waals surface area (Å²) in [6.45, 7) is 4.96. The van der Waals surface area contributed by atoms with Gasteiger partial charge in [-0.25, -0.2) is 0 Å². The van der Waals surface area contributed by atoms with E-state index in [1.165, 1.54) is 0 Å². The molecule has 1 aliphatic rings. The van der Waals surface area contributed by atoms with Crippen molar-refractivity contribution in [2.45, 2.75) is 6.92 Å². The van der Waals surface area contributed by atoms with Gasteiger partial charge in [-0.15, -0.1) is 0 Å². The fourth-order valence-corrected chi connectivity index (χ4v) is 2.67. The van der Waals surface area contributed by atoms with Crippen molar-refractivity contribution in [3.63, 3.8) is 0 Å². The van der Waals surface area contributed by atoms with Crippen LogP contribution in [0.25, 0.3) is 0 Å². The summed E-state index contributed by atoms with van der Waals surface area (Å²) in [6, 6.07) is 7.84. The van der Waals surface area contributed by atoms with Crippen molar-refractivity contribution in [3.05, 3.63) is 41.7 Å². The second kappa shape index (κ2) is 6.19. The number of hydrogen-bond acceptors (Lipinski definition) is 4. The average molecular weight is 300 g/mol. The van der Waals surface area contributed by atoms with Crippen molar-refractivity contribution in [2.75, 3.05) is 36.5 Å². The molecule has 1 aromatic carbocycles. The van der Waals surface area contributed by atoms with Crippen LogP contribution in [0.1, 0.15) is 16.1 Å². The van der Waals surface area contributed by atoms with Gasteiger partial charge in [0.15, 0.2) is 5.69 Å². The minimum Gasteiger partial charge on any atom is -0.378 e. The van der Waals surface area contributed by atoms with Gasteiger partial charge < -0.3 is 15.0 Å². The number of aromatic nitrogens is 2. The van der Waals surface area contributed by atoms with Crippen molar-refractivity contribution in [3.8, 4) is 0 Å². The molecule has 1 aliphatic heterocycles. The van der Waals surface area contributed by atoms with Crippen LogP contribution in [0.3, 0.4) is 0 Å². The van der Waals surface area contributed by atoms with Gasteiger partial charge in [0.2, 0.25) is 0 Å². The minimum atomic E-state index is -0.182. The topological polar surface area (TPSA) is 59.4 Å². The van der Waals surface area contributed by atoms with E-state index in [1.807, 2.05) is 44.4 Å². The third-order valence-electron chi connectivity index (χ3n) is 3.73. The van der Waals surface area contributed by atoms with Gasteiger partial charge in [0.1, 0.15) is 0 Å². The number of ether oxygens (including phenoxy) is 1. The number of nitrogens with zero attached hydrogens (tertiary/aromatic N) is 3. The Morgan fingerprint density at radius 3 is 2.68 bits per heavy atom. The summed E-state index contributed by atoms with van der Waals surface area (Å²) in [5.74, 6) is -0.182. The number of rotatable bonds is 3. The number of amides is 1. The third kappa shape index (κ3) is 2.96. The Balaban J connectivity index is 1.83. The molecule has 0 bridgehead atoms. The van der Waals surface area contributed by atoms with Crippen LogP contribution in [0, 0.1) is 6.92 Å². The highest BCUT2D eigenvalue weighted by atomic mass is 16.5. The maximum atomic E-state index is 12.5. The molecule has 6 heteroatoms. The largest absolute Gasteiger partial charge is 0.378 e. The van der Waals surface area contributed by atoms with E-state index in [2.05, 4.69) is 15.3 Å².